The first kappa shape index (κ1) is 20.3. The Kier molecular flexibility index (Phi) is 5.61. The van der Waals surface area contributed by atoms with E-state index in [1.807, 2.05) is 4.57 Å². The molecule has 29 heavy (non-hydrogen) atoms. The highest BCUT2D eigenvalue weighted by molar-refractivity contribution is 7.88. The van der Waals surface area contributed by atoms with Gasteiger partial charge in [-0.3, -0.25) is 4.57 Å². The Balaban J connectivity index is 1.46. The number of nitrogens with zero attached hydrogens (tertiary/aromatic N) is 4. The molecule has 1 saturated heterocycles. The first-order valence-corrected chi connectivity index (χ1v) is 11.8. The topological polar surface area (TPSA) is 77.2 Å². The van der Waals surface area contributed by atoms with Crippen molar-refractivity contribution >= 4 is 10.0 Å². The van der Waals surface area contributed by atoms with Gasteiger partial charge in [0.2, 0.25) is 10.0 Å². The van der Waals surface area contributed by atoms with Crippen molar-refractivity contribution in [3.8, 4) is 0 Å². The molecule has 1 aliphatic heterocycles. The van der Waals surface area contributed by atoms with Gasteiger partial charge in [0.15, 0.2) is 0 Å². The maximum absolute atomic E-state index is 13.1. The normalized spacial score (nSPS) is 19.8. The molecule has 2 fully saturated rings. The second-order valence-corrected chi connectivity index (χ2v) is 10.1. The molecule has 0 radical (unpaired) electrons. The van der Waals surface area contributed by atoms with Crippen LogP contribution < -0.4 is 5.69 Å². The average molecular weight is 423 g/mol. The highest BCUT2D eigenvalue weighted by Crippen LogP contribution is 2.34. The minimum Gasteiger partial charge on any atom is -0.276 e. The molecule has 0 bridgehead atoms. The average Bonchev–Trinajstić information content (AvgIpc) is 3.32. The molecule has 158 valence electrons. The maximum atomic E-state index is 13.1. The molecular formula is C20H27FN4O3S. The van der Waals surface area contributed by atoms with Crippen LogP contribution >= 0.6 is 0 Å². The number of aromatic nitrogens is 3. The van der Waals surface area contributed by atoms with E-state index in [4.69, 9.17) is 0 Å². The summed E-state index contributed by atoms with van der Waals surface area (Å²) in [5, 5.41) is 4.51. The molecule has 0 atom stereocenters. The first-order chi connectivity index (χ1) is 13.8. The molecule has 0 amide bonds. The third-order valence-electron chi connectivity index (χ3n) is 6.15. The number of benzene rings is 1. The Bertz CT molecular complexity index is 1010. The first-order valence-electron chi connectivity index (χ1n) is 10.2. The lowest BCUT2D eigenvalue weighted by atomic mass is 9.97. The molecule has 7 nitrogen and oxygen atoms in total. The Morgan fingerprint density at radius 1 is 1.07 bits per heavy atom. The molecule has 0 unspecified atom stereocenters. The lowest BCUT2D eigenvalue weighted by Crippen LogP contribution is -2.39. The number of sulfonamides is 1. The van der Waals surface area contributed by atoms with Crippen molar-refractivity contribution in [3.05, 3.63) is 52.0 Å². The number of piperidine rings is 1. The SMILES string of the molecule is Cn1nc(C2CCN(S(=O)(=O)Cc3ccc(F)cc3)CC2)n(C2CCCC2)c1=O. The predicted octanol–water partition coefficient (Wildman–Crippen LogP) is 2.55. The summed E-state index contributed by atoms with van der Waals surface area (Å²) in [5.74, 6) is 0.381. The molecule has 1 aromatic heterocycles. The van der Waals surface area contributed by atoms with E-state index in [0.29, 0.717) is 31.5 Å². The van der Waals surface area contributed by atoms with E-state index in [9.17, 15) is 17.6 Å². The van der Waals surface area contributed by atoms with Crippen LogP contribution in [0.4, 0.5) is 4.39 Å². The minimum atomic E-state index is -3.47. The molecule has 9 heteroatoms. The van der Waals surface area contributed by atoms with Crippen LogP contribution in [0, 0.1) is 5.82 Å². The highest BCUT2D eigenvalue weighted by atomic mass is 32.2. The monoisotopic (exact) mass is 422 g/mol. The summed E-state index contributed by atoms with van der Waals surface area (Å²) >= 11 is 0. The summed E-state index contributed by atoms with van der Waals surface area (Å²) in [6.45, 7) is 0.813. The molecule has 4 rings (SSSR count). The van der Waals surface area contributed by atoms with Gasteiger partial charge in [-0.25, -0.2) is 26.6 Å². The van der Waals surface area contributed by atoms with Crippen molar-refractivity contribution in [1.82, 2.24) is 18.7 Å². The molecule has 2 heterocycles. The molecule has 1 aromatic carbocycles. The van der Waals surface area contributed by atoms with E-state index >= 15 is 0 Å². The summed E-state index contributed by atoms with van der Waals surface area (Å²) < 4.78 is 43.4. The Labute approximate surface area is 170 Å². The fourth-order valence-corrected chi connectivity index (χ4v) is 6.12. The Morgan fingerprint density at radius 2 is 1.69 bits per heavy atom. The van der Waals surface area contributed by atoms with Crippen molar-refractivity contribution in [1.29, 1.82) is 0 Å². The van der Waals surface area contributed by atoms with Gasteiger partial charge in [-0.15, -0.1) is 0 Å². The van der Waals surface area contributed by atoms with Gasteiger partial charge in [0.05, 0.1) is 5.75 Å². The second kappa shape index (κ2) is 8.02. The van der Waals surface area contributed by atoms with Crippen LogP contribution in [0.1, 0.15) is 61.9 Å². The van der Waals surface area contributed by atoms with E-state index in [-0.39, 0.29) is 29.2 Å². The lowest BCUT2D eigenvalue weighted by molar-refractivity contribution is 0.304. The quantitative estimate of drug-likeness (QED) is 0.742. The smallest absolute Gasteiger partial charge is 0.276 e. The fraction of sp³-hybridized carbons (Fsp3) is 0.600. The van der Waals surface area contributed by atoms with Crippen molar-refractivity contribution in [2.24, 2.45) is 7.05 Å². The molecule has 1 saturated carbocycles. The van der Waals surface area contributed by atoms with Gasteiger partial charge in [0.25, 0.3) is 0 Å². The van der Waals surface area contributed by atoms with Crippen LogP contribution in [0.15, 0.2) is 29.1 Å². The van der Waals surface area contributed by atoms with Crippen LogP contribution in [-0.4, -0.2) is 40.2 Å². The van der Waals surface area contributed by atoms with Gasteiger partial charge < -0.3 is 0 Å². The van der Waals surface area contributed by atoms with Crippen molar-refractivity contribution in [2.45, 2.75) is 56.2 Å². The summed E-state index contributed by atoms with van der Waals surface area (Å²) in [4.78, 5) is 12.6. The second-order valence-electron chi connectivity index (χ2n) is 8.13. The number of hydrogen-bond donors (Lipinski definition) is 0. The van der Waals surface area contributed by atoms with Crippen molar-refractivity contribution in [3.63, 3.8) is 0 Å². The number of rotatable bonds is 5. The fourth-order valence-electron chi connectivity index (χ4n) is 4.56. The maximum Gasteiger partial charge on any atom is 0.345 e. The minimum absolute atomic E-state index is 0.0711. The van der Waals surface area contributed by atoms with E-state index in [1.54, 1.807) is 7.05 Å². The van der Waals surface area contributed by atoms with Gasteiger partial charge in [-0.2, -0.15) is 5.10 Å². The third kappa shape index (κ3) is 4.16. The van der Waals surface area contributed by atoms with Gasteiger partial charge in [0, 0.05) is 32.1 Å². The van der Waals surface area contributed by atoms with Crippen LogP contribution in [0.3, 0.4) is 0 Å². The Morgan fingerprint density at radius 3 is 2.31 bits per heavy atom. The highest BCUT2D eigenvalue weighted by Gasteiger charge is 2.33. The summed E-state index contributed by atoms with van der Waals surface area (Å²) in [6, 6.07) is 5.79. The summed E-state index contributed by atoms with van der Waals surface area (Å²) in [5.41, 5.74) is 0.506. The largest absolute Gasteiger partial charge is 0.345 e. The number of halogens is 1. The summed E-state index contributed by atoms with van der Waals surface area (Å²) in [7, 11) is -1.79. The van der Waals surface area contributed by atoms with Gasteiger partial charge in [-0.05, 0) is 43.4 Å². The van der Waals surface area contributed by atoms with Crippen LogP contribution in [-0.2, 0) is 22.8 Å². The van der Waals surface area contributed by atoms with E-state index in [0.717, 1.165) is 31.5 Å². The van der Waals surface area contributed by atoms with Gasteiger partial charge in [-0.1, -0.05) is 25.0 Å². The molecule has 0 N–H and O–H groups in total. The summed E-state index contributed by atoms with van der Waals surface area (Å²) in [6.07, 6.45) is 5.56. The predicted molar refractivity (Wildman–Crippen MR) is 108 cm³/mol. The Hall–Kier alpha value is -2.00. The zero-order valence-electron chi connectivity index (χ0n) is 16.6. The van der Waals surface area contributed by atoms with Crippen LogP contribution in [0.2, 0.25) is 0 Å². The van der Waals surface area contributed by atoms with Crippen molar-refractivity contribution < 1.29 is 12.8 Å². The van der Waals surface area contributed by atoms with Crippen LogP contribution in [0.5, 0.6) is 0 Å². The van der Waals surface area contributed by atoms with Gasteiger partial charge >= 0.3 is 5.69 Å². The lowest BCUT2D eigenvalue weighted by Gasteiger charge is -2.31. The number of hydrogen-bond acceptors (Lipinski definition) is 4. The van der Waals surface area contributed by atoms with Crippen LogP contribution in [0.25, 0.3) is 0 Å². The molecule has 0 spiro atoms. The zero-order chi connectivity index (χ0) is 20.6. The molecule has 2 aliphatic rings. The van der Waals surface area contributed by atoms with Crippen molar-refractivity contribution in [2.75, 3.05) is 13.1 Å². The number of aryl methyl sites for hydroxylation is 1. The van der Waals surface area contributed by atoms with E-state index < -0.39 is 10.0 Å². The van der Waals surface area contributed by atoms with E-state index in [2.05, 4.69) is 5.10 Å². The molecular weight excluding hydrogens is 395 g/mol. The van der Waals surface area contributed by atoms with E-state index in [1.165, 1.54) is 33.3 Å². The third-order valence-corrected chi connectivity index (χ3v) is 8.00. The zero-order valence-corrected chi connectivity index (χ0v) is 17.4. The van der Waals surface area contributed by atoms with Gasteiger partial charge in [0.1, 0.15) is 11.6 Å². The molecule has 1 aliphatic carbocycles. The standard InChI is InChI=1S/C20H27FN4O3S/c1-23-20(26)25(18-4-2-3-5-18)19(22-23)16-10-12-24(13-11-16)29(27,28)14-15-6-8-17(21)9-7-15/h6-9,16,18H,2-5,10-14H2,1H3. The molecule has 2 aromatic rings.